The Labute approximate surface area is 168 Å². The minimum absolute atomic E-state index is 0.0670. The van der Waals surface area contributed by atoms with Crippen LogP contribution in [0.5, 0.6) is 5.75 Å². The molecule has 1 aromatic carbocycles. The smallest absolute Gasteiger partial charge is 0.206 e. The van der Waals surface area contributed by atoms with E-state index < -0.39 is 0 Å². The van der Waals surface area contributed by atoms with Crippen molar-refractivity contribution < 1.29 is 14.3 Å². The van der Waals surface area contributed by atoms with Crippen LogP contribution >= 0.6 is 11.3 Å². The molecule has 146 valence electrons. The Balaban J connectivity index is 1.42. The van der Waals surface area contributed by atoms with Gasteiger partial charge in [0.05, 0.1) is 30.3 Å². The fourth-order valence-corrected chi connectivity index (χ4v) is 5.33. The van der Waals surface area contributed by atoms with Crippen LogP contribution in [0.25, 0.3) is 10.2 Å². The summed E-state index contributed by atoms with van der Waals surface area (Å²) >= 11 is 1.59. The molecular weight excluding hydrogens is 372 g/mol. The van der Waals surface area contributed by atoms with Gasteiger partial charge in [0.25, 0.3) is 0 Å². The van der Waals surface area contributed by atoms with E-state index >= 15 is 0 Å². The van der Waals surface area contributed by atoms with Crippen LogP contribution in [-0.4, -0.2) is 54.7 Å². The van der Waals surface area contributed by atoms with Gasteiger partial charge in [-0.15, -0.1) is 11.3 Å². The molecule has 28 heavy (non-hydrogen) atoms. The summed E-state index contributed by atoms with van der Waals surface area (Å²) in [5, 5.41) is 1.15. The molecule has 2 aliphatic heterocycles. The molecule has 0 aliphatic carbocycles. The molecule has 0 bridgehead atoms. The van der Waals surface area contributed by atoms with E-state index in [0.717, 1.165) is 67.4 Å². The number of rotatable bonds is 5. The Kier molecular flexibility index (Phi) is 4.70. The standard InChI is InChI=1S/C22H24N2O3S/c1-15-13-17-14-19(20(25)18-4-2-3-16-5-10-27-21(16)18)28-22(17)24(15)7-6-23-8-11-26-12-9-23/h2-4,13-14H,5-12H2,1H3. The summed E-state index contributed by atoms with van der Waals surface area (Å²) in [6.07, 6.45) is 0.884. The number of para-hydroxylation sites is 1. The molecule has 0 amide bonds. The maximum Gasteiger partial charge on any atom is 0.206 e. The molecule has 2 aromatic heterocycles. The molecule has 5 nitrogen and oxygen atoms in total. The van der Waals surface area contributed by atoms with E-state index in [0.29, 0.717) is 12.2 Å². The van der Waals surface area contributed by atoms with Gasteiger partial charge in [-0.25, -0.2) is 0 Å². The van der Waals surface area contributed by atoms with Crippen molar-refractivity contribution in [3.05, 3.63) is 52.0 Å². The highest BCUT2D eigenvalue weighted by molar-refractivity contribution is 7.20. The Morgan fingerprint density at radius 3 is 2.86 bits per heavy atom. The van der Waals surface area contributed by atoms with Crippen LogP contribution in [0.15, 0.2) is 30.3 Å². The largest absolute Gasteiger partial charge is 0.492 e. The molecule has 0 spiro atoms. The number of hydrogen-bond donors (Lipinski definition) is 0. The number of ether oxygens (including phenoxy) is 2. The van der Waals surface area contributed by atoms with Crippen molar-refractivity contribution in [1.29, 1.82) is 0 Å². The lowest BCUT2D eigenvalue weighted by Gasteiger charge is -2.26. The average molecular weight is 397 g/mol. The second-order valence-corrected chi connectivity index (χ2v) is 8.51. The van der Waals surface area contributed by atoms with Gasteiger partial charge in [-0.05, 0) is 30.7 Å². The highest BCUT2D eigenvalue weighted by Crippen LogP contribution is 2.35. The van der Waals surface area contributed by atoms with Crippen LogP contribution in [0.4, 0.5) is 0 Å². The third-order valence-electron chi connectivity index (χ3n) is 5.70. The summed E-state index contributed by atoms with van der Waals surface area (Å²) in [6, 6.07) is 10.1. The van der Waals surface area contributed by atoms with Gasteiger partial charge in [0.15, 0.2) is 0 Å². The maximum absolute atomic E-state index is 13.2. The molecule has 3 aromatic rings. The number of fused-ring (bicyclic) bond motifs is 2. The summed E-state index contributed by atoms with van der Waals surface area (Å²) in [5.41, 5.74) is 3.07. The molecule has 0 radical (unpaired) electrons. The lowest BCUT2D eigenvalue weighted by Crippen LogP contribution is -2.38. The number of carbonyl (C=O) groups is 1. The van der Waals surface area contributed by atoms with Crippen LogP contribution in [0, 0.1) is 6.92 Å². The topological polar surface area (TPSA) is 43.7 Å². The number of aryl methyl sites for hydroxylation is 1. The summed E-state index contributed by atoms with van der Waals surface area (Å²) in [4.78, 5) is 17.6. The fourth-order valence-electron chi connectivity index (χ4n) is 4.16. The number of ketones is 1. The van der Waals surface area contributed by atoms with Crippen molar-refractivity contribution in [2.75, 3.05) is 39.5 Å². The normalized spacial score (nSPS) is 17.0. The highest BCUT2D eigenvalue weighted by atomic mass is 32.1. The first-order chi connectivity index (χ1) is 13.7. The zero-order chi connectivity index (χ0) is 19.1. The fraction of sp³-hybridized carbons (Fsp3) is 0.409. The van der Waals surface area contributed by atoms with Crippen LogP contribution in [-0.2, 0) is 17.7 Å². The van der Waals surface area contributed by atoms with E-state index in [1.165, 1.54) is 10.5 Å². The summed E-state index contributed by atoms with van der Waals surface area (Å²) in [5.74, 6) is 0.842. The minimum atomic E-state index is 0.0670. The molecule has 4 heterocycles. The van der Waals surface area contributed by atoms with E-state index in [-0.39, 0.29) is 5.78 Å². The Morgan fingerprint density at radius 1 is 1.14 bits per heavy atom. The molecular formula is C22H24N2O3S. The van der Waals surface area contributed by atoms with E-state index in [1.807, 2.05) is 24.3 Å². The molecule has 5 rings (SSSR count). The van der Waals surface area contributed by atoms with Gasteiger partial charge in [0.1, 0.15) is 10.6 Å². The minimum Gasteiger partial charge on any atom is -0.492 e. The number of benzene rings is 1. The van der Waals surface area contributed by atoms with Gasteiger partial charge in [-0.1, -0.05) is 12.1 Å². The molecule has 0 N–H and O–H groups in total. The van der Waals surface area contributed by atoms with Crippen molar-refractivity contribution in [1.82, 2.24) is 9.47 Å². The number of morpholine rings is 1. The van der Waals surface area contributed by atoms with Gasteiger partial charge >= 0.3 is 0 Å². The van der Waals surface area contributed by atoms with Gasteiger partial charge in [-0.3, -0.25) is 9.69 Å². The van der Waals surface area contributed by atoms with E-state index in [1.54, 1.807) is 11.3 Å². The van der Waals surface area contributed by atoms with Crippen LogP contribution in [0.3, 0.4) is 0 Å². The van der Waals surface area contributed by atoms with Crippen LogP contribution < -0.4 is 4.74 Å². The Bertz CT molecular complexity index is 1030. The number of hydrogen-bond acceptors (Lipinski definition) is 5. The quantitative estimate of drug-likeness (QED) is 0.619. The van der Waals surface area contributed by atoms with E-state index in [9.17, 15) is 4.79 Å². The first kappa shape index (κ1) is 17.9. The summed E-state index contributed by atoms with van der Waals surface area (Å²) in [7, 11) is 0. The lowest BCUT2D eigenvalue weighted by atomic mass is 10.0. The molecule has 0 unspecified atom stereocenters. The Morgan fingerprint density at radius 2 is 2.00 bits per heavy atom. The van der Waals surface area contributed by atoms with Crippen molar-refractivity contribution in [2.45, 2.75) is 19.9 Å². The SMILES string of the molecule is Cc1cc2cc(C(=O)c3cccc4c3OCC4)sc2n1CCN1CCOCC1. The second-order valence-electron chi connectivity index (χ2n) is 7.48. The predicted octanol–water partition coefficient (Wildman–Crippen LogP) is 3.51. The van der Waals surface area contributed by atoms with Gasteiger partial charge in [-0.2, -0.15) is 0 Å². The van der Waals surface area contributed by atoms with Gasteiger partial charge < -0.3 is 14.0 Å². The predicted molar refractivity (Wildman–Crippen MR) is 111 cm³/mol. The third kappa shape index (κ3) is 3.15. The molecule has 1 fully saturated rings. The third-order valence-corrected chi connectivity index (χ3v) is 6.87. The molecule has 1 saturated heterocycles. The van der Waals surface area contributed by atoms with Gasteiger partial charge in [0, 0.05) is 43.7 Å². The zero-order valence-electron chi connectivity index (χ0n) is 16.1. The zero-order valence-corrected chi connectivity index (χ0v) is 16.9. The Hall–Kier alpha value is -2.15. The molecule has 0 atom stereocenters. The van der Waals surface area contributed by atoms with E-state index in [2.05, 4.69) is 22.5 Å². The highest BCUT2D eigenvalue weighted by Gasteiger charge is 2.23. The average Bonchev–Trinajstić information content (AvgIpc) is 3.41. The summed E-state index contributed by atoms with van der Waals surface area (Å²) < 4.78 is 13.5. The van der Waals surface area contributed by atoms with Crippen molar-refractivity contribution in [3.63, 3.8) is 0 Å². The first-order valence-corrected chi connectivity index (χ1v) is 10.7. The summed E-state index contributed by atoms with van der Waals surface area (Å²) in [6.45, 7) is 8.39. The van der Waals surface area contributed by atoms with E-state index in [4.69, 9.17) is 9.47 Å². The molecule has 0 saturated carbocycles. The van der Waals surface area contributed by atoms with Crippen molar-refractivity contribution >= 4 is 27.3 Å². The number of aromatic nitrogens is 1. The second kappa shape index (κ2) is 7.35. The maximum atomic E-state index is 13.2. The number of nitrogens with zero attached hydrogens (tertiary/aromatic N) is 2. The van der Waals surface area contributed by atoms with Crippen LogP contribution in [0.1, 0.15) is 26.5 Å². The number of thiophene rings is 1. The molecule has 2 aliphatic rings. The molecule has 6 heteroatoms. The van der Waals surface area contributed by atoms with Crippen LogP contribution in [0.2, 0.25) is 0 Å². The van der Waals surface area contributed by atoms with Crippen molar-refractivity contribution in [2.24, 2.45) is 0 Å². The van der Waals surface area contributed by atoms with Gasteiger partial charge in [0.2, 0.25) is 5.78 Å². The first-order valence-electron chi connectivity index (χ1n) is 9.90. The monoisotopic (exact) mass is 396 g/mol. The lowest BCUT2D eigenvalue weighted by molar-refractivity contribution is 0.0365. The van der Waals surface area contributed by atoms with Crippen molar-refractivity contribution in [3.8, 4) is 5.75 Å². The number of carbonyl (C=O) groups excluding carboxylic acids is 1.